The molecule has 1 heterocycles. The van der Waals surface area contributed by atoms with Crippen molar-refractivity contribution in [1.82, 2.24) is 4.90 Å². The molecule has 1 aliphatic heterocycles. The fraction of sp³-hybridized carbons (Fsp3) is 0.261. The molecule has 1 saturated heterocycles. The highest BCUT2D eigenvalue weighted by molar-refractivity contribution is 5.86. The molecule has 138 valence electrons. The average Bonchev–Trinajstić information content (AvgIpc) is 2.72. The second kappa shape index (κ2) is 7.78. The predicted octanol–water partition coefficient (Wildman–Crippen LogP) is 4.26. The summed E-state index contributed by atoms with van der Waals surface area (Å²) in [5.74, 6) is -0.0114. The quantitative estimate of drug-likeness (QED) is 0.692. The number of amides is 1. The van der Waals surface area contributed by atoms with Gasteiger partial charge in [-0.15, -0.1) is 0 Å². The molecule has 1 aliphatic rings. The van der Waals surface area contributed by atoms with Gasteiger partial charge in [0.15, 0.2) is 0 Å². The Labute approximate surface area is 159 Å². The fourth-order valence-corrected chi connectivity index (χ4v) is 3.78. The van der Waals surface area contributed by atoms with E-state index in [1.165, 1.54) is 28.5 Å². The molecule has 0 N–H and O–H groups in total. The predicted molar refractivity (Wildman–Crippen MR) is 107 cm³/mol. The van der Waals surface area contributed by atoms with Crippen molar-refractivity contribution in [3.63, 3.8) is 0 Å². The summed E-state index contributed by atoms with van der Waals surface area (Å²) in [5.41, 5.74) is 2.24. The number of halogens is 1. The monoisotopic (exact) mass is 362 g/mol. The van der Waals surface area contributed by atoms with Crippen molar-refractivity contribution in [1.29, 1.82) is 0 Å². The number of nitrogens with zero attached hydrogens (tertiary/aromatic N) is 2. The van der Waals surface area contributed by atoms with E-state index in [4.69, 9.17) is 0 Å². The molecule has 1 fully saturated rings. The van der Waals surface area contributed by atoms with Gasteiger partial charge in [-0.05, 0) is 47.0 Å². The van der Waals surface area contributed by atoms with E-state index in [1.54, 1.807) is 12.1 Å². The number of carbonyl (C=O) groups is 1. The third-order valence-corrected chi connectivity index (χ3v) is 5.31. The van der Waals surface area contributed by atoms with Crippen molar-refractivity contribution in [2.75, 3.05) is 31.1 Å². The van der Waals surface area contributed by atoms with Crippen LogP contribution in [0.3, 0.4) is 0 Å². The van der Waals surface area contributed by atoms with Gasteiger partial charge in [0, 0.05) is 38.3 Å². The van der Waals surface area contributed by atoms with Gasteiger partial charge in [0.05, 0.1) is 0 Å². The largest absolute Gasteiger partial charge is 0.368 e. The molecule has 0 bridgehead atoms. The Morgan fingerprint density at radius 2 is 1.56 bits per heavy atom. The lowest BCUT2D eigenvalue weighted by Gasteiger charge is -2.36. The summed E-state index contributed by atoms with van der Waals surface area (Å²) < 4.78 is 13.1. The molecule has 0 radical (unpaired) electrons. The van der Waals surface area contributed by atoms with Crippen molar-refractivity contribution < 1.29 is 9.18 Å². The maximum Gasteiger partial charge on any atom is 0.223 e. The fourth-order valence-electron chi connectivity index (χ4n) is 3.78. The summed E-state index contributed by atoms with van der Waals surface area (Å²) >= 11 is 0. The molecule has 0 spiro atoms. The summed E-state index contributed by atoms with van der Waals surface area (Å²) in [7, 11) is 0. The minimum atomic E-state index is -0.221. The highest BCUT2D eigenvalue weighted by Gasteiger charge is 2.21. The Bertz CT molecular complexity index is 925. The summed E-state index contributed by atoms with van der Waals surface area (Å²) in [4.78, 5) is 16.8. The van der Waals surface area contributed by atoms with E-state index in [0.717, 1.165) is 25.2 Å². The summed E-state index contributed by atoms with van der Waals surface area (Å²) in [6.45, 7) is 2.99. The third kappa shape index (κ3) is 3.95. The van der Waals surface area contributed by atoms with E-state index in [9.17, 15) is 9.18 Å². The van der Waals surface area contributed by atoms with Crippen LogP contribution in [0.5, 0.6) is 0 Å². The van der Waals surface area contributed by atoms with E-state index in [0.29, 0.717) is 19.5 Å². The van der Waals surface area contributed by atoms with Gasteiger partial charge in [0.2, 0.25) is 5.91 Å². The van der Waals surface area contributed by atoms with Crippen LogP contribution in [0, 0.1) is 5.82 Å². The number of hydrogen-bond donors (Lipinski definition) is 0. The topological polar surface area (TPSA) is 23.6 Å². The van der Waals surface area contributed by atoms with E-state index in [-0.39, 0.29) is 11.7 Å². The Morgan fingerprint density at radius 3 is 2.33 bits per heavy atom. The van der Waals surface area contributed by atoms with Crippen LogP contribution >= 0.6 is 0 Å². The van der Waals surface area contributed by atoms with Crippen LogP contribution in [-0.2, 0) is 11.2 Å². The lowest BCUT2D eigenvalue weighted by Crippen LogP contribution is -2.48. The normalized spacial score (nSPS) is 14.6. The van der Waals surface area contributed by atoms with Gasteiger partial charge in [0.1, 0.15) is 5.82 Å². The minimum absolute atomic E-state index is 0.210. The smallest absolute Gasteiger partial charge is 0.223 e. The molecular formula is C23H23FN2O. The van der Waals surface area contributed by atoms with Gasteiger partial charge in [-0.25, -0.2) is 4.39 Å². The summed E-state index contributed by atoms with van der Waals surface area (Å²) in [6, 6.07) is 21.2. The van der Waals surface area contributed by atoms with Gasteiger partial charge in [-0.2, -0.15) is 0 Å². The van der Waals surface area contributed by atoms with Crippen LogP contribution in [0.2, 0.25) is 0 Å². The lowest BCUT2D eigenvalue weighted by molar-refractivity contribution is -0.131. The van der Waals surface area contributed by atoms with Crippen molar-refractivity contribution in [3.05, 3.63) is 78.1 Å². The zero-order valence-electron chi connectivity index (χ0n) is 15.3. The molecule has 4 rings (SSSR count). The first-order chi connectivity index (χ1) is 13.2. The number of hydrogen-bond acceptors (Lipinski definition) is 2. The molecule has 0 aromatic heterocycles. The summed E-state index contributed by atoms with van der Waals surface area (Å²) in [6.07, 6.45) is 1.29. The van der Waals surface area contributed by atoms with Crippen molar-refractivity contribution in [3.8, 4) is 0 Å². The van der Waals surface area contributed by atoms with Crippen LogP contribution in [-0.4, -0.2) is 37.0 Å². The van der Waals surface area contributed by atoms with E-state index in [2.05, 4.69) is 35.2 Å². The minimum Gasteiger partial charge on any atom is -0.368 e. The number of aryl methyl sites for hydroxylation is 1. The maximum absolute atomic E-state index is 13.1. The third-order valence-electron chi connectivity index (χ3n) is 5.31. The molecule has 4 heteroatoms. The average molecular weight is 362 g/mol. The van der Waals surface area contributed by atoms with Crippen LogP contribution in [0.25, 0.3) is 10.8 Å². The van der Waals surface area contributed by atoms with Gasteiger partial charge < -0.3 is 9.80 Å². The molecule has 1 amide bonds. The number of fused-ring (bicyclic) bond motifs is 1. The Morgan fingerprint density at radius 1 is 0.852 bits per heavy atom. The zero-order valence-corrected chi connectivity index (χ0v) is 15.3. The number of benzene rings is 3. The van der Waals surface area contributed by atoms with Crippen LogP contribution in [0.1, 0.15) is 12.0 Å². The highest BCUT2D eigenvalue weighted by Crippen LogP contribution is 2.21. The van der Waals surface area contributed by atoms with Gasteiger partial charge in [0.25, 0.3) is 0 Å². The Hall–Kier alpha value is -2.88. The SMILES string of the molecule is O=C(CCc1cccc2ccccc12)N1CCN(c2ccc(F)cc2)CC1. The molecule has 0 saturated carbocycles. The maximum atomic E-state index is 13.1. The van der Waals surface area contributed by atoms with E-state index >= 15 is 0 Å². The van der Waals surface area contributed by atoms with Crippen LogP contribution in [0.15, 0.2) is 66.7 Å². The standard InChI is InChI=1S/C23H23FN2O/c24-20-9-11-21(12-10-20)25-14-16-26(17-15-25)23(27)13-8-19-6-3-5-18-4-1-2-7-22(18)19/h1-7,9-12H,8,13-17H2. The van der Waals surface area contributed by atoms with Crippen molar-refractivity contribution >= 4 is 22.4 Å². The van der Waals surface area contributed by atoms with Gasteiger partial charge in [-0.1, -0.05) is 42.5 Å². The van der Waals surface area contributed by atoms with Crippen molar-refractivity contribution in [2.45, 2.75) is 12.8 Å². The van der Waals surface area contributed by atoms with E-state index in [1.807, 2.05) is 17.0 Å². The molecule has 0 unspecified atom stereocenters. The molecule has 27 heavy (non-hydrogen) atoms. The Balaban J connectivity index is 1.34. The Kier molecular flexibility index (Phi) is 5.05. The molecular weight excluding hydrogens is 339 g/mol. The second-order valence-corrected chi connectivity index (χ2v) is 6.98. The first-order valence-corrected chi connectivity index (χ1v) is 9.46. The molecule has 3 aromatic rings. The highest BCUT2D eigenvalue weighted by atomic mass is 19.1. The number of rotatable bonds is 4. The first kappa shape index (κ1) is 17.5. The van der Waals surface area contributed by atoms with Crippen LogP contribution < -0.4 is 4.90 Å². The number of piperazine rings is 1. The van der Waals surface area contributed by atoms with Gasteiger partial charge in [-0.3, -0.25) is 4.79 Å². The number of anilines is 1. The second-order valence-electron chi connectivity index (χ2n) is 6.98. The van der Waals surface area contributed by atoms with Gasteiger partial charge >= 0.3 is 0 Å². The number of carbonyl (C=O) groups excluding carboxylic acids is 1. The molecule has 3 aromatic carbocycles. The summed E-state index contributed by atoms with van der Waals surface area (Å²) in [5, 5.41) is 2.45. The van der Waals surface area contributed by atoms with Crippen molar-refractivity contribution in [2.24, 2.45) is 0 Å². The lowest BCUT2D eigenvalue weighted by atomic mass is 10.0. The molecule has 3 nitrogen and oxygen atoms in total. The molecule has 0 atom stereocenters. The first-order valence-electron chi connectivity index (χ1n) is 9.46. The zero-order chi connectivity index (χ0) is 18.6. The molecule has 0 aliphatic carbocycles. The van der Waals surface area contributed by atoms with E-state index < -0.39 is 0 Å². The van der Waals surface area contributed by atoms with Crippen LogP contribution in [0.4, 0.5) is 10.1 Å².